The SMILES string of the molecule is C#C[C@]1(CC)O[C@@H](n2cnc3c(NC(=O)c4ccccc4)ncnc32)[C@@H](OC(C)=O)C1C. The van der Waals surface area contributed by atoms with Crippen molar-refractivity contribution in [3.63, 3.8) is 0 Å². The molecule has 0 radical (unpaired) electrons. The molecule has 1 fully saturated rings. The quantitative estimate of drug-likeness (QED) is 0.487. The summed E-state index contributed by atoms with van der Waals surface area (Å²) in [5.74, 6) is 1.98. The summed E-state index contributed by atoms with van der Waals surface area (Å²) in [7, 11) is 0. The third kappa shape index (κ3) is 3.59. The van der Waals surface area contributed by atoms with Gasteiger partial charge in [-0.05, 0) is 18.6 Å². The van der Waals surface area contributed by atoms with Crippen molar-refractivity contribution >= 4 is 28.9 Å². The number of esters is 1. The molecule has 9 nitrogen and oxygen atoms in total. The molecule has 4 atom stereocenters. The molecule has 4 rings (SSSR count). The van der Waals surface area contributed by atoms with Gasteiger partial charge in [-0.15, -0.1) is 6.42 Å². The van der Waals surface area contributed by atoms with Gasteiger partial charge in [-0.2, -0.15) is 0 Å². The molecule has 1 amide bonds. The Balaban J connectivity index is 1.72. The van der Waals surface area contributed by atoms with Gasteiger partial charge in [0.1, 0.15) is 11.9 Å². The van der Waals surface area contributed by atoms with Crippen LogP contribution in [0.5, 0.6) is 0 Å². The van der Waals surface area contributed by atoms with Crippen molar-refractivity contribution in [3.8, 4) is 12.3 Å². The van der Waals surface area contributed by atoms with Crippen LogP contribution >= 0.6 is 0 Å². The number of benzene rings is 1. The summed E-state index contributed by atoms with van der Waals surface area (Å²) < 4.78 is 13.5. The molecule has 164 valence electrons. The van der Waals surface area contributed by atoms with Gasteiger partial charge >= 0.3 is 5.97 Å². The first-order valence-electron chi connectivity index (χ1n) is 10.3. The number of fused-ring (bicyclic) bond motifs is 1. The zero-order chi connectivity index (χ0) is 22.9. The van der Waals surface area contributed by atoms with E-state index < -0.39 is 23.9 Å². The Morgan fingerprint density at radius 1 is 1.28 bits per heavy atom. The van der Waals surface area contributed by atoms with E-state index in [1.807, 2.05) is 19.9 Å². The maximum absolute atomic E-state index is 12.6. The van der Waals surface area contributed by atoms with Crippen LogP contribution in [0.2, 0.25) is 0 Å². The highest BCUT2D eigenvalue weighted by atomic mass is 16.6. The Morgan fingerprint density at radius 3 is 2.69 bits per heavy atom. The van der Waals surface area contributed by atoms with E-state index in [2.05, 4.69) is 26.2 Å². The van der Waals surface area contributed by atoms with Crippen LogP contribution in [0.25, 0.3) is 11.2 Å². The van der Waals surface area contributed by atoms with Crippen LogP contribution < -0.4 is 5.32 Å². The molecule has 1 N–H and O–H groups in total. The lowest BCUT2D eigenvalue weighted by molar-refractivity contribution is -0.153. The zero-order valence-corrected chi connectivity index (χ0v) is 18.0. The van der Waals surface area contributed by atoms with E-state index in [9.17, 15) is 9.59 Å². The minimum Gasteiger partial charge on any atom is -0.457 e. The van der Waals surface area contributed by atoms with E-state index in [0.29, 0.717) is 23.1 Å². The van der Waals surface area contributed by atoms with Gasteiger partial charge in [0.15, 0.2) is 29.3 Å². The number of carbonyl (C=O) groups is 2. The first-order chi connectivity index (χ1) is 15.4. The van der Waals surface area contributed by atoms with Gasteiger partial charge in [-0.25, -0.2) is 15.0 Å². The van der Waals surface area contributed by atoms with Crippen molar-refractivity contribution in [1.82, 2.24) is 19.5 Å². The maximum atomic E-state index is 12.6. The number of anilines is 1. The van der Waals surface area contributed by atoms with E-state index in [1.54, 1.807) is 28.8 Å². The highest BCUT2D eigenvalue weighted by Gasteiger charge is 2.54. The fraction of sp³-hybridized carbons (Fsp3) is 0.348. The third-order valence-corrected chi connectivity index (χ3v) is 5.81. The zero-order valence-electron chi connectivity index (χ0n) is 18.0. The van der Waals surface area contributed by atoms with Crippen molar-refractivity contribution in [2.45, 2.75) is 45.1 Å². The Kier molecular flexibility index (Phi) is 5.63. The summed E-state index contributed by atoms with van der Waals surface area (Å²) in [5, 5.41) is 2.77. The average Bonchev–Trinajstić information content (AvgIpc) is 3.34. The smallest absolute Gasteiger partial charge is 0.303 e. The second-order valence-electron chi connectivity index (χ2n) is 7.62. The molecule has 1 aliphatic heterocycles. The van der Waals surface area contributed by atoms with Gasteiger partial charge in [0.25, 0.3) is 5.91 Å². The van der Waals surface area contributed by atoms with E-state index in [0.717, 1.165) is 0 Å². The highest BCUT2D eigenvalue weighted by molar-refractivity contribution is 6.06. The Morgan fingerprint density at radius 2 is 2.03 bits per heavy atom. The molecule has 3 heterocycles. The lowest BCUT2D eigenvalue weighted by Crippen LogP contribution is -2.35. The normalized spacial score (nSPS) is 24.8. The molecule has 0 spiro atoms. The van der Waals surface area contributed by atoms with Gasteiger partial charge in [-0.3, -0.25) is 14.2 Å². The Bertz CT molecular complexity index is 1200. The van der Waals surface area contributed by atoms with E-state index in [4.69, 9.17) is 15.9 Å². The third-order valence-electron chi connectivity index (χ3n) is 5.81. The van der Waals surface area contributed by atoms with Crippen molar-refractivity contribution in [2.24, 2.45) is 5.92 Å². The van der Waals surface area contributed by atoms with Gasteiger partial charge in [0, 0.05) is 18.4 Å². The second kappa shape index (κ2) is 8.40. The number of hydrogen-bond donors (Lipinski definition) is 1. The number of carbonyl (C=O) groups excluding carboxylic acids is 2. The summed E-state index contributed by atoms with van der Waals surface area (Å²) in [6.07, 6.45) is 7.83. The number of imidazole rings is 1. The standard InChI is InChI=1S/C23H23N5O4/c1-5-23(6-2)14(3)18(31-15(4)29)22(32-23)28-13-26-17-19(24-12-25-20(17)28)27-21(30)16-10-8-7-9-11-16/h1,7-14,18,22H,6H2,2-4H3,(H,24,25,27,30)/t14?,18-,22+,23+/m0/s1. The number of terminal acetylenes is 1. The minimum absolute atomic E-state index is 0.261. The molecule has 9 heteroatoms. The number of hydrogen-bond acceptors (Lipinski definition) is 7. The summed E-state index contributed by atoms with van der Waals surface area (Å²) >= 11 is 0. The van der Waals surface area contributed by atoms with Crippen LogP contribution in [-0.4, -0.2) is 43.1 Å². The van der Waals surface area contributed by atoms with E-state index in [1.165, 1.54) is 19.6 Å². The van der Waals surface area contributed by atoms with Crippen LogP contribution in [0, 0.1) is 18.3 Å². The lowest BCUT2D eigenvalue weighted by atomic mass is 9.85. The predicted octanol–water partition coefficient (Wildman–Crippen LogP) is 2.96. The van der Waals surface area contributed by atoms with E-state index >= 15 is 0 Å². The van der Waals surface area contributed by atoms with Crippen LogP contribution in [-0.2, 0) is 14.3 Å². The molecule has 3 aromatic rings. The molecular formula is C23H23N5O4. The first-order valence-corrected chi connectivity index (χ1v) is 10.3. The molecule has 1 saturated heterocycles. The van der Waals surface area contributed by atoms with Crippen molar-refractivity contribution in [1.29, 1.82) is 0 Å². The molecule has 0 saturated carbocycles. The van der Waals surface area contributed by atoms with Crippen LogP contribution in [0.1, 0.15) is 43.8 Å². The molecule has 32 heavy (non-hydrogen) atoms. The molecule has 1 aromatic carbocycles. The van der Waals surface area contributed by atoms with Gasteiger partial charge in [0.05, 0.1) is 6.33 Å². The van der Waals surface area contributed by atoms with Gasteiger partial charge < -0.3 is 14.8 Å². The van der Waals surface area contributed by atoms with Crippen molar-refractivity contribution in [2.75, 3.05) is 5.32 Å². The Hall–Kier alpha value is -3.77. The maximum Gasteiger partial charge on any atom is 0.303 e. The number of aromatic nitrogens is 4. The highest BCUT2D eigenvalue weighted by Crippen LogP contribution is 2.45. The Labute approximate surface area is 185 Å². The largest absolute Gasteiger partial charge is 0.457 e. The summed E-state index contributed by atoms with van der Waals surface area (Å²) in [6, 6.07) is 8.79. The van der Waals surface area contributed by atoms with Crippen molar-refractivity contribution < 1.29 is 19.1 Å². The second-order valence-corrected chi connectivity index (χ2v) is 7.62. The lowest BCUT2D eigenvalue weighted by Gasteiger charge is -2.25. The summed E-state index contributed by atoms with van der Waals surface area (Å²) in [4.78, 5) is 37.3. The van der Waals surface area contributed by atoms with Crippen LogP contribution in [0.4, 0.5) is 5.82 Å². The number of nitrogens with zero attached hydrogens (tertiary/aromatic N) is 4. The molecule has 0 aliphatic carbocycles. The van der Waals surface area contributed by atoms with Crippen LogP contribution in [0.3, 0.4) is 0 Å². The minimum atomic E-state index is -0.904. The number of ether oxygens (including phenoxy) is 2. The topological polar surface area (TPSA) is 108 Å². The molecular weight excluding hydrogens is 410 g/mol. The number of nitrogens with one attached hydrogen (secondary N) is 1. The summed E-state index contributed by atoms with van der Waals surface area (Å²) in [5.41, 5.74) is 0.382. The molecule has 1 unspecified atom stereocenters. The molecule has 0 bridgehead atoms. The van der Waals surface area contributed by atoms with Gasteiger partial charge in [0.2, 0.25) is 0 Å². The summed E-state index contributed by atoms with van der Waals surface area (Å²) in [6.45, 7) is 5.17. The van der Waals surface area contributed by atoms with Crippen LogP contribution in [0.15, 0.2) is 43.0 Å². The van der Waals surface area contributed by atoms with Gasteiger partial charge in [-0.1, -0.05) is 38.0 Å². The van der Waals surface area contributed by atoms with Crippen molar-refractivity contribution in [3.05, 3.63) is 48.5 Å². The molecule has 1 aliphatic rings. The fourth-order valence-electron chi connectivity index (χ4n) is 4.04. The monoisotopic (exact) mass is 433 g/mol. The first kappa shape index (κ1) is 21.5. The molecule has 2 aromatic heterocycles. The van der Waals surface area contributed by atoms with E-state index in [-0.39, 0.29) is 17.6 Å². The number of amides is 1. The predicted molar refractivity (Wildman–Crippen MR) is 116 cm³/mol. The fourth-order valence-corrected chi connectivity index (χ4v) is 4.04. The number of rotatable bonds is 5. The average molecular weight is 433 g/mol.